The van der Waals surface area contributed by atoms with Crippen molar-refractivity contribution >= 4 is 11.6 Å². The van der Waals surface area contributed by atoms with Gasteiger partial charge in [0.05, 0.1) is 19.0 Å². The number of hydrogen-bond donors (Lipinski definition) is 2. The van der Waals surface area contributed by atoms with Crippen LogP contribution in [0.4, 0.5) is 5.69 Å². The summed E-state index contributed by atoms with van der Waals surface area (Å²) in [6.45, 7) is 0. The standard InChI is InChI=1S/C9H10N6O2/c1-17-9-8(12-2-3-13-9)15-4-5(10)6(14-15)7(11)16/h2-4H,10H2,1H3,(H2,11,16). The predicted molar refractivity (Wildman–Crippen MR) is 58.6 cm³/mol. The van der Waals surface area contributed by atoms with Gasteiger partial charge in [-0.1, -0.05) is 0 Å². The van der Waals surface area contributed by atoms with Crippen molar-refractivity contribution in [3.05, 3.63) is 24.3 Å². The van der Waals surface area contributed by atoms with Gasteiger partial charge in [-0.2, -0.15) is 5.10 Å². The third-order valence-corrected chi connectivity index (χ3v) is 2.03. The monoisotopic (exact) mass is 234 g/mol. The molecule has 2 rings (SSSR count). The first-order valence-electron chi connectivity index (χ1n) is 4.63. The minimum atomic E-state index is -0.705. The van der Waals surface area contributed by atoms with Crippen molar-refractivity contribution in [2.75, 3.05) is 12.8 Å². The second kappa shape index (κ2) is 4.08. The molecule has 0 saturated heterocycles. The Labute approximate surface area is 96.2 Å². The Hall–Kier alpha value is -2.64. The summed E-state index contributed by atoms with van der Waals surface area (Å²) in [5, 5.41) is 3.92. The first-order valence-corrected chi connectivity index (χ1v) is 4.63. The van der Waals surface area contributed by atoms with Crippen molar-refractivity contribution in [1.82, 2.24) is 19.7 Å². The van der Waals surface area contributed by atoms with Crippen LogP contribution in [0.5, 0.6) is 5.88 Å². The number of amides is 1. The summed E-state index contributed by atoms with van der Waals surface area (Å²) in [7, 11) is 1.45. The summed E-state index contributed by atoms with van der Waals surface area (Å²) in [5.41, 5.74) is 10.9. The van der Waals surface area contributed by atoms with Crippen molar-refractivity contribution in [3.63, 3.8) is 0 Å². The molecule has 1 amide bonds. The second-order valence-electron chi connectivity index (χ2n) is 3.13. The van der Waals surface area contributed by atoms with Crippen LogP contribution in [0.15, 0.2) is 18.6 Å². The predicted octanol–water partition coefficient (Wildman–Crippen LogP) is -0.648. The van der Waals surface area contributed by atoms with Crippen LogP contribution in [0.1, 0.15) is 10.5 Å². The van der Waals surface area contributed by atoms with Gasteiger partial charge in [0, 0.05) is 12.4 Å². The van der Waals surface area contributed by atoms with Crippen molar-refractivity contribution in [1.29, 1.82) is 0 Å². The minimum Gasteiger partial charge on any atom is -0.478 e. The maximum absolute atomic E-state index is 11.0. The van der Waals surface area contributed by atoms with Crippen LogP contribution in [-0.4, -0.2) is 32.8 Å². The van der Waals surface area contributed by atoms with E-state index >= 15 is 0 Å². The average molecular weight is 234 g/mol. The Morgan fingerprint density at radius 2 is 2.12 bits per heavy atom. The van der Waals surface area contributed by atoms with E-state index in [4.69, 9.17) is 16.2 Å². The molecule has 2 aromatic heterocycles. The number of rotatable bonds is 3. The Kier molecular flexibility index (Phi) is 2.61. The van der Waals surface area contributed by atoms with Gasteiger partial charge in [0.1, 0.15) is 0 Å². The van der Waals surface area contributed by atoms with Crippen LogP contribution in [0.2, 0.25) is 0 Å². The molecule has 0 aliphatic carbocycles. The Bertz CT molecular complexity index is 564. The molecule has 2 aromatic rings. The fourth-order valence-corrected chi connectivity index (χ4v) is 1.31. The number of ether oxygens (including phenoxy) is 1. The van der Waals surface area contributed by atoms with Gasteiger partial charge in [0.15, 0.2) is 5.69 Å². The largest absolute Gasteiger partial charge is 0.478 e. The van der Waals surface area contributed by atoms with Gasteiger partial charge in [-0.15, -0.1) is 0 Å². The molecule has 0 aliphatic heterocycles. The van der Waals surface area contributed by atoms with Crippen molar-refractivity contribution in [3.8, 4) is 11.7 Å². The maximum Gasteiger partial charge on any atom is 0.271 e. The average Bonchev–Trinajstić information content (AvgIpc) is 2.71. The molecule has 0 aliphatic rings. The van der Waals surface area contributed by atoms with E-state index < -0.39 is 5.91 Å². The van der Waals surface area contributed by atoms with Crippen LogP contribution in [-0.2, 0) is 0 Å². The van der Waals surface area contributed by atoms with E-state index in [9.17, 15) is 4.79 Å². The number of nitrogens with two attached hydrogens (primary N) is 2. The molecule has 0 aromatic carbocycles. The minimum absolute atomic E-state index is 0.0160. The van der Waals surface area contributed by atoms with Gasteiger partial charge in [-0.05, 0) is 0 Å². The van der Waals surface area contributed by atoms with Crippen molar-refractivity contribution in [2.45, 2.75) is 0 Å². The Morgan fingerprint density at radius 3 is 2.71 bits per heavy atom. The van der Waals surface area contributed by atoms with Crippen LogP contribution in [0.3, 0.4) is 0 Å². The van der Waals surface area contributed by atoms with Crippen LogP contribution < -0.4 is 16.2 Å². The van der Waals surface area contributed by atoms with Gasteiger partial charge in [-0.25, -0.2) is 14.6 Å². The SMILES string of the molecule is COc1nccnc1-n1cc(N)c(C(N)=O)n1. The van der Waals surface area contributed by atoms with E-state index in [1.807, 2.05) is 0 Å². The van der Waals surface area contributed by atoms with Crippen LogP contribution in [0, 0.1) is 0 Å². The molecule has 0 spiro atoms. The molecule has 0 bridgehead atoms. The van der Waals surface area contributed by atoms with E-state index in [-0.39, 0.29) is 17.3 Å². The highest BCUT2D eigenvalue weighted by Gasteiger charge is 2.15. The third kappa shape index (κ3) is 1.87. The molecule has 17 heavy (non-hydrogen) atoms. The molecule has 4 N–H and O–H groups in total. The summed E-state index contributed by atoms with van der Waals surface area (Å²) in [6.07, 6.45) is 4.37. The van der Waals surface area contributed by atoms with Crippen LogP contribution >= 0.6 is 0 Å². The van der Waals surface area contributed by atoms with E-state index in [0.717, 1.165) is 0 Å². The maximum atomic E-state index is 11.0. The lowest BCUT2D eigenvalue weighted by atomic mass is 10.4. The summed E-state index contributed by atoms with van der Waals surface area (Å²) in [5.74, 6) is -0.107. The van der Waals surface area contributed by atoms with Gasteiger partial charge < -0.3 is 16.2 Å². The first-order chi connectivity index (χ1) is 8.13. The number of hydrogen-bond acceptors (Lipinski definition) is 6. The number of anilines is 1. The third-order valence-electron chi connectivity index (χ3n) is 2.03. The Balaban J connectivity index is 2.53. The normalized spacial score (nSPS) is 10.2. The molecule has 8 nitrogen and oxygen atoms in total. The molecule has 88 valence electrons. The van der Waals surface area contributed by atoms with E-state index in [1.54, 1.807) is 0 Å². The van der Waals surface area contributed by atoms with Gasteiger partial charge in [0.25, 0.3) is 11.8 Å². The fourth-order valence-electron chi connectivity index (χ4n) is 1.31. The number of nitrogen functional groups attached to an aromatic ring is 1. The zero-order valence-electron chi connectivity index (χ0n) is 8.99. The summed E-state index contributed by atoms with van der Waals surface area (Å²) < 4.78 is 6.31. The molecule has 0 radical (unpaired) electrons. The second-order valence-corrected chi connectivity index (χ2v) is 3.13. The number of nitrogens with zero attached hydrogens (tertiary/aromatic N) is 4. The molecule has 2 heterocycles. The number of methoxy groups -OCH3 is 1. The number of carbonyl (C=O) groups excluding carboxylic acids is 1. The molecular formula is C9H10N6O2. The first kappa shape index (κ1) is 10.9. The van der Waals surface area contributed by atoms with E-state index in [0.29, 0.717) is 5.82 Å². The summed E-state index contributed by atoms with van der Waals surface area (Å²) >= 11 is 0. The molecule has 0 fully saturated rings. The molecule has 8 heteroatoms. The van der Waals surface area contributed by atoms with Crippen molar-refractivity contribution < 1.29 is 9.53 Å². The Morgan fingerprint density at radius 1 is 1.41 bits per heavy atom. The number of primary amides is 1. The van der Waals surface area contributed by atoms with E-state index in [1.165, 1.54) is 30.4 Å². The van der Waals surface area contributed by atoms with Gasteiger partial charge in [-0.3, -0.25) is 4.79 Å². The molecule has 0 atom stereocenters. The number of aromatic nitrogens is 4. The smallest absolute Gasteiger partial charge is 0.271 e. The highest BCUT2D eigenvalue weighted by atomic mass is 16.5. The van der Waals surface area contributed by atoms with Crippen molar-refractivity contribution in [2.24, 2.45) is 5.73 Å². The summed E-state index contributed by atoms with van der Waals surface area (Å²) in [6, 6.07) is 0. The van der Waals surface area contributed by atoms with E-state index in [2.05, 4.69) is 15.1 Å². The zero-order chi connectivity index (χ0) is 12.4. The quantitative estimate of drug-likeness (QED) is 0.727. The highest BCUT2D eigenvalue weighted by Crippen LogP contribution is 2.18. The summed E-state index contributed by atoms with van der Waals surface area (Å²) in [4.78, 5) is 19.0. The lowest BCUT2D eigenvalue weighted by molar-refractivity contribution is 0.0996. The van der Waals surface area contributed by atoms with Gasteiger partial charge >= 0.3 is 0 Å². The van der Waals surface area contributed by atoms with Crippen LogP contribution in [0.25, 0.3) is 5.82 Å². The topological polar surface area (TPSA) is 122 Å². The molecule has 0 unspecified atom stereocenters. The number of carbonyl (C=O) groups is 1. The van der Waals surface area contributed by atoms with Gasteiger partial charge in [0.2, 0.25) is 5.82 Å². The molecular weight excluding hydrogens is 224 g/mol. The lowest BCUT2D eigenvalue weighted by Gasteiger charge is -2.04. The molecule has 0 saturated carbocycles. The highest BCUT2D eigenvalue weighted by molar-refractivity contribution is 5.95. The zero-order valence-corrected chi connectivity index (χ0v) is 8.99. The fraction of sp³-hybridized carbons (Fsp3) is 0.111. The lowest BCUT2D eigenvalue weighted by Crippen LogP contribution is -2.14.